The van der Waals surface area contributed by atoms with Gasteiger partial charge in [0.2, 0.25) is 5.91 Å². The third-order valence-electron chi connectivity index (χ3n) is 6.84. The van der Waals surface area contributed by atoms with Crippen LogP contribution in [-0.2, 0) is 16.0 Å². The highest BCUT2D eigenvalue weighted by atomic mass is 35.5. The number of rotatable bonds is 6. The maximum Gasteiger partial charge on any atom is 0.227 e. The van der Waals surface area contributed by atoms with Gasteiger partial charge in [0.05, 0.1) is 41.1 Å². The van der Waals surface area contributed by atoms with Crippen molar-refractivity contribution < 1.29 is 9.53 Å². The Morgan fingerprint density at radius 3 is 2.50 bits per heavy atom. The van der Waals surface area contributed by atoms with Crippen molar-refractivity contribution in [3.05, 3.63) is 45.2 Å². The van der Waals surface area contributed by atoms with Crippen molar-refractivity contribution in [2.24, 2.45) is 5.92 Å². The summed E-state index contributed by atoms with van der Waals surface area (Å²) in [6.07, 6.45) is 3.79. The summed E-state index contributed by atoms with van der Waals surface area (Å²) in [5, 5.41) is 5.67. The minimum Gasteiger partial charge on any atom is -0.379 e. The van der Waals surface area contributed by atoms with Crippen LogP contribution >= 0.6 is 23.2 Å². The summed E-state index contributed by atoms with van der Waals surface area (Å²) in [7, 11) is 0. The maximum atomic E-state index is 13.1. The van der Waals surface area contributed by atoms with Crippen LogP contribution in [0.3, 0.4) is 0 Å². The largest absolute Gasteiger partial charge is 0.379 e. The molecular formula is C24H32Cl2N4O2. The Labute approximate surface area is 200 Å². The van der Waals surface area contributed by atoms with E-state index in [0.29, 0.717) is 22.4 Å². The number of nitrogens with zero attached hydrogens (tertiary/aromatic N) is 4. The number of benzene rings is 1. The smallest absolute Gasteiger partial charge is 0.227 e. The predicted molar refractivity (Wildman–Crippen MR) is 128 cm³/mol. The second kappa shape index (κ2) is 10.6. The van der Waals surface area contributed by atoms with Gasteiger partial charge in [0.25, 0.3) is 0 Å². The lowest BCUT2D eigenvalue weighted by Crippen LogP contribution is -2.41. The van der Waals surface area contributed by atoms with E-state index in [4.69, 9.17) is 27.9 Å². The molecule has 2 fully saturated rings. The molecule has 2 aromatic rings. The summed E-state index contributed by atoms with van der Waals surface area (Å²) in [5.74, 6) is 0.902. The molecule has 3 heterocycles. The topological polar surface area (TPSA) is 50.6 Å². The fourth-order valence-electron chi connectivity index (χ4n) is 4.72. The Morgan fingerprint density at radius 1 is 1.09 bits per heavy atom. The fourth-order valence-corrected chi connectivity index (χ4v) is 5.02. The zero-order valence-electron chi connectivity index (χ0n) is 18.9. The monoisotopic (exact) mass is 478 g/mol. The Hall–Kier alpha value is -1.60. The number of halogens is 2. The first kappa shape index (κ1) is 23.6. The second-order valence-electron chi connectivity index (χ2n) is 8.90. The third kappa shape index (κ3) is 5.48. The number of likely N-dealkylation sites (tertiary alicyclic amines) is 1. The molecule has 0 N–H and O–H groups in total. The second-order valence-corrected chi connectivity index (χ2v) is 9.72. The molecule has 0 bridgehead atoms. The highest BCUT2D eigenvalue weighted by Crippen LogP contribution is 2.27. The summed E-state index contributed by atoms with van der Waals surface area (Å²) in [4.78, 5) is 17.6. The van der Waals surface area contributed by atoms with E-state index in [1.165, 1.54) is 6.42 Å². The molecule has 0 saturated carbocycles. The number of aryl methyl sites for hydroxylation is 1. The van der Waals surface area contributed by atoms with E-state index in [-0.39, 0.29) is 5.91 Å². The van der Waals surface area contributed by atoms with Gasteiger partial charge in [-0.2, -0.15) is 5.10 Å². The third-order valence-corrected chi connectivity index (χ3v) is 7.58. The average molecular weight is 479 g/mol. The number of hydrogen-bond donors (Lipinski definition) is 0. The Balaban J connectivity index is 1.32. The Kier molecular flexibility index (Phi) is 7.77. The molecule has 4 rings (SSSR count). The summed E-state index contributed by atoms with van der Waals surface area (Å²) < 4.78 is 7.28. The van der Waals surface area contributed by atoms with Crippen LogP contribution in [0, 0.1) is 19.8 Å². The summed E-state index contributed by atoms with van der Waals surface area (Å²) in [6.45, 7) is 10.6. The van der Waals surface area contributed by atoms with Crippen molar-refractivity contribution in [1.82, 2.24) is 19.6 Å². The molecule has 0 spiro atoms. The Bertz CT molecular complexity index is 948. The van der Waals surface area contributed by atoms with Gasteiger partial charge in [-0.05, 0) is 63.8 Å². The number of amides is 1. The van der Waals surface area contributed by atoms with Gasteiger partial charge in [-0.15, -0.1) is 0 Å². The van der Waals surface area contributed by atoms with E-state index in [1.807, 2.05) is 29.5 Å². The van der Waals surface area contributed by atoms with Crippen LogP contribution in [-0.4, -0.2) is 71.4 Å². The van der Waals surface area contributed by atoms with Gasteiger partial charge in [-0.1, -0.05) is 23.2 Å². The van der Waals surface area contributed by atoms with Gasteiger partial charge in [0.15, 0.2) is 0 Å². The number of piperidine rings is 1. The molecule has 2 aliphatic heterocycles. The minimum atomic E-state index is 0.191. The number of hydrogen-bond acceptors (Lipinski definition) is 4. The van der Waals surface area contributed by atoms with Crippen LogP contribution in [0.4, 0.5) is 0 Å². The van der Waals surface area contributed by atoms with E-state index >= 15 is 0 Å². The van der Waals surface area contributed by atoms with Crippen molar-refractivity contribution in [3.8, 4) is 5.69 Å². The van der Waals surface area contributed by atoms with E-state index in [2.05, 4.69) is 10.00 Å². The first-order valence-corrected chi connectivity index (χ1v) is 12.3. The molecule has 32 heavy (non-hydrogen) atoms. The van der Waals surface area contributed by atoms with Gasteiger partial charge < -0.3 is 9.64 Å². The SMILES string of the molecule is Cc1nn(-c2ccc(Cl)c(Cl)c2)c(C)c1CC(=O)N1CCC(CCN2CCOCC2)CC1. The first-order chi connectivity index (χ1) is 15.4. The minimum absolute atomic E-state index is 0.191. The van der Waals surface area contributed by atoms with Crippen LogP contribution in [0.5, 0.6) is 0 Å². The van der Waals surface area contributed by atoms with Crippen molar-refractivity contribution in [2.75, 3.05) is 45.9 Å². The highest BCUT2D eigenvalue weighted by molar-refractivity contribution is 6.42. The van der Waals surface area contributed by atoms with Crippen LogP contribution in [0.1, 0.15) is 36.2 Å². The number of carbonyl (C=O) groups excluding carboxylic acids is 1. The Morgan fingerprint density at radius 2 is 1.81 bits per heavy atom. The normalized spacial score (nSPS) is 18.3. The lowest BCUT2D eigenvalue weighted by molar-refractivity contribution is -0.131. The highest BCUT2D eigenvalue weighted by Gasteiger charge is 2.25. The fraction of sp³-hybridized carbons (Fsp3) is 0.583. The van der Waals surface area contributed by atoms with Crippen molar-refractivity contribution in [1.29, 1.82) is 0 Å². The summed E-state index contributed by atoms with van der Waals surface area (Å²) in [5.41, 5.74) is 3.69. The van der Waals surface area contributed by atoms with Crippen LogP contribution in [0.25, 0.3) is 5.69 Å². The average Bonchev–Trinajstić information content (AvgIpc) is 3.09. The molecule has 8 heteroatoms. The molecule has 0 unspecified atom stereocenters. The van der Waals surface area contributed by atoms with Crippen molar-refractivity contribution in [2.45, 2.75) is 39.5 Å². The molecule has 1 aromatic carbocycles. The molecule has 0 aliphatic carbocycles. The lowest BCUT2D eigenvalue weighted by Gasteiger charge is -2.34. The zero-order valence-corrected chi connectivity index (χ0v) is 20.5. The van der Waals surface area contributed by atoms with Gasteiger partial charge in [0.1, 0.15) is 0 Å². The molecule has 1 amide bonds. The molecule has 2 saturated heterocycles. The molecule has 1 aromatic heterocycles. The molecule has 174 valence electrons. The van der Waals surface area contributed by atoms with Gasteiger partial charge in [-0.25, -0.2) is 4.68 Å². The summed E-state index contributed by atoms with van der Waals surface area (Å²) in [6, 6.07) is 5.46. The van der Waals surface area contributed by atoms with Crippen molar-refractivity contribution in [3.63, 3.8) is 0 Å². The quantitative estimate of drug-likeness (QED) is 0.620. The van der Waals surface area contributed by atoms with Crippen LogP contribution in [0.2, 0.25) is 10.0 Å². The van der Waals surface area contributed by atoms with E-state index in [1.54, 1.807) is 12.1 Å². The van der Waals surface area contributed by atoms with Gasteiger partial charge >= 0.3 is 0 Å². The number of aromatic nitrogens is 2. The molecule has 0 radical (unpaired) electrons. The number of carbonyl (C=O) groups is 1. The zero-order chi connectivity index (χ0) is 22.7. The standard InChI is InChI=1S/C24H32Cl2N4O2/c1-17-21(18(2)30(27-17)20-3-4-22(25)23(26)15-20)16-24(31)29-9-6-19(7-10-29)5-8-28-11-13-32-14-12-28/h3-4,15,19H,5-14,16H2,1-2H3. The lowest BCUT2D eigenvalue weighted by atomic mass is 9.93. The molecule has 2 aliphatic rings. The molecule has 0 atom stereocenters. The van der Waals surface area contributed by atoms with Crippen LogP contribution < -0.4 is 0 Å². The van der Waals surface area contributed by atoms with E-state index in [9.17, 15) is 4.79 Å². The van der Waals surface area contributed by atoms with E-state index < -0.39 is 0 Å². The van der Waals surface area contributed by atoms with Crippen LogP contribution in [0.15, 0.2) is 18.2 Å². The molecular weight excluding hydrogens is 447 g/mol. The maximum absolute atomic E-state index is 13.1. The van der Waals surface area contributed by atoms with Gasteiger partial charge in [0, 0.05) is 37.4 Å². The van der Waals surface area contributed by atoms with Crippen molar-refractivity contribution >= 4 is 29.1 Å². The summed E-state index contributed by atoms with van der Waals surface area (Å²) >= 11 is 12.2. The predicted octanol–water partition coefficient (Wildman–Crippen LogP) is 4.30. The van der Waals surface area contributed by atoms with Gasteiger partial charge in [-0.3, -0.25) is 9.69 Å². The first-order valence-electron chi connectivity index (χ1n) is 11.5. The number of ether oxygens (including phenoxy) is 1. The van der Waals surface area contributed by atoms with E-state index in [0.717, 1.165) is 81.4 Å². The number of morpholine rings is 1. The molecule has 6 nitrogen and oxygen atoms in total.